The molecule has 0 heterocycles. The van der Waals surface area contributed by atoms with Crippen molar-refractivity contribution in [3.63, 3.8) is 0 Å². The van der Waals surface area contributed by atoms with E-state index in [9.17, 15) is 13.6 Å². The van der Waals surface area contributed by atoms with Crippen LogP contribution < -0.4 is 11.1 Å². The molecule has 2 aromatic rings. The van der Waals surface area contributed by atoms with Crippen LogP contribution in [-0.4, -0.2) is 5.91 Å². The molecule has 0 unspecified atom stereocenters. The second kappa shape index (κ2) is 5.88. The Morgan fingerprint density at radius 2 is 1.85 bits per heavy atom. The van der Waals surface area contributed by atoms with Gasteiger partial charge in [0.05, 0.1) is 10.7 Å². The van der Waals surface area contributed by atoms with Crippen LogP contribution in [0.4, 0.5) is 14.5 Å². The number of primary amides is 1. The molecule has 0 fully saturated rings. The van der Waals surface area contributed by atoms with Gasteiger partial charge in [0, 0.05) is 12.1 Å². The smallest absolute Gasteiger partial charge is 0.248 e. The summed E-state index contributed by atoms with van der Waals surface area (Å²) in [6.07, 6.45) is 0. The normalized spacial score (nSPS) is 10.3. The van der Waals surface area contributed by atoms with E-state index in [-0.39, 0.29) is 22.8 Å². The van der Waals surface area contributed by atoms with Gasteiger partial charge >= 0.3 is 0 Å². The Hall–Kier alpha value is -2.14. The maximum Gasteiger partial charge on any atom is 0.248 e. The summed E-state index contributed by atoms with van der Waals surface area (Å²) in [7, 11) is 0. The number of amides is 1. The number of anilines is 1. The molecule has 0 aliphatic rings. The van der Waals surface area contributed by atoms with Gasteiger partial charge in [-0.3, -0.25) is 4.79 Å². The van der Waals surface area contributed by atoms with Crippen LogP contribution in [0.3, 0.4) is 0 Å². The Bertz CT molecular complexity index is 662. The summed E-state index contributed by atoms with van der Waals surface area (Å²) in [5.41, 5.74) is 6.15. The van der Waals surface area contributed by atoms with E-state index >= 15 is 0 Å². The fourth-order valence-corrected chi connectivity index (χ4v) is 1.86. The minimum atomic E-state index is -0.641. The average Bonchev–Trinajstić information content (AvgIpc) is 2.41. The molecule has 6 heteroatoms. The third-order valence-corrected chi connectivity index (χ3v) is 3.01. The van der Waals surface area contributed by atoms with Gasteiger partial charge in [0.15, 0.2) is 0 Å². The first-order valence-electron chi connectivity index (χ1n) is 5.74. The summed E-state index contributed by atoms with van der Waals surface area (Å²) in [6, 6.07) is 7.99. The van der Waals surface area contributed by atoms with E-state index in [1.807, 2.05) is 0 Å². The van der Waals surface area contributed by atoms with Gasteiger partial charge in [-0.05, 0) is 35.9 Å². The molecule has 0 atom stereocenters. The van der Waals surface area contributed by atoms with Crippen molar-refractivity contribution in [2.24, 2.45) is 5.73 Å². The standard InChI is InChI=1S/C14H11ClF2N2O/c15-10-5-8(1-3-11(10)16)7-19-13-6-9(14(18)20)2-4-12(13)17/h1-6,19H,7H2,(H2,18,20). The maximum absolute atomic E-state index is 13.6. The fraction of sp³-hybridized carbons (Fsp3) is 0.0714. The van der Waals surface area contributed by atoms with Crippen molar-refractivity contribution in [3.05, 3.63) is 64.2 Å². The van der Waals surface area contributed by atoms with Crippen molar-refractivity contribution in [1.82, 2.24) is 0 Å². The van der Waals surface area contributed by atoms with Gasteiger partial charge in [0.1, 0.15) is 11.6 Å². The van der Waals surface area contributed by atoms with Gasteiger partial charge in [-0.1, -0.05) is 17.7 Å². The van der Waals surface area contributed by atoms with E-state index < -0.39 is 17.5 Å². The van der Waals surface area contributed by atoms with Crippen LogP contribution >= 0.6 is 11.6 Å². The molecule has 0 saturated carbocycles. The highest BCUT2D eigenvalue weighted by Gasteiger charge is 2.07. The molecule has 1 amide bonds. The summed E-state index contributed by atoms with van der Waals surface area (Å²) in [5.74, 6) is -1.67. The zero-order chi connectivity index (χ0) is 14.7. The van der Waals surface area contributed by atoms with Crippen molar-refractivity contribution < 1.29 is 13.6 Å². The molecule has 0 saturated heterocycles. The molecule has 0 bridgehead atoms. The summed E-state index contributed by atoms with van der Waals surface area (Å²) >= 11 is 5.66. The molecule has 0 aliphatic heterocycles. The van der Waals surface area contributed by atoms with Crippen LogP contribution in [0.1, 0.15) is 15.9 Å². The molecule has 2 aromatic carbocycles. The second-order valence-electron chi connectivity index (χ2n) is 4.16. The third-order valence-electron chi connectivity index (χ3n) is 2.72. The minimum absolute atomic E-state index is 0.00402. The van der Waals surface area contributed by atoms with E-state index in [2.05, 4.69) is 5.32 Å². The molecule has 3 nitrogen and oxygen atoms in total. The topological polar surface area (TPSA) is 55.1 Å². The monoisotopic (exact) mass is 296 g/mol. The Balaban J connectivity index is 2.15. The maximum atomic E-state index is 13.6. The van der Waals surface area contributed by atoms with Crippen molar-refractivity contribution in [1.29, 1.82) is 0 Å². The van der Waals surface area contributed by atoms with Gasteiger partial charge < -0.3 is 11.1 Å². The predicted molar refractivity (Wildman–Crippen MR) is 73.7 cm³/mol. The van der Waals surface area contributed by atoms with Gasteiger partial charge in [-0.2, -0.15) is 0 Å². The lowest BCUT2D eigenvalue weighted by Gasteiger charge is -2.09. The summed E-state index contributed by atoms with van der Waals surface area (Å²) in [6.45, 7) is 0.235. The van der Waals surface area contributed by atoms with Crippen molar-refractivity contribution in [3.8, 4) is 0 Å². The lowest BCUT2D eigenvalue weighted by Crippen LogP contribution is -2.12. The number of nitrogens with two attached hydrogens (primary N) is 1. The third kappa shape index (κ3) is 3.24. The minimum Gasteiger partial charge on any atom is -0.379 e. The Kier molecular flexibility index (Phi) is 4.20. The zero-order valence-electron chi connectivity index (χ0n) is 10.3. The summed E-state index contributed by atoms with van der Waals surface area (Å²) in [5, 5.41) is 2.80. The van der Waals surface area contributed by atoms with E-state index in [1.54, 1.807) is 0 Å². The quantitative estimate of drug-likeness (QED) is 0.909. The second-order valence-corrected chi connectivity index (χ2v) is 4.57. The molecule has 0 spiro atoms. The lowest BCUT2D eigenvalue weighted by atomic mass is 10.1. The number of halogens is 3. The van der Waals surface area contributed by atoms with E-state index in [0.29, 0.717) is 5.56 Å². The molecule has 104 valence electrons. The van der Waals surface area contributed by atoms with E-state index in [0.717, 1.165) is 6.07 Å². The van der Waals surface area contributed by atoms with E-state index in [4.69, 9.17) is 17.3 Å². The Labute approximate surface area is 119 Å². The molecular formula is C14H11ClF2N2O. The van der Waals surface area contributed by atoms with Crippen LogP contribution in [-0.2, 0) is 6.54 Å². The highest BCUT2D eigenvalue weighted by atomic mass is 35.5. The average molecular weight is 297 g/mol. The van der Waals surface area contributed by atoms with Crippen LogP contribution in [0, 0.1) is 11.6 Å². The number of hydrogen-bond donors (Lipinski definition) is 2. The molecule has 0 radical (unpaired) electrons. The van der Waals surface area contributed by atoms with Gasteiger partial charge in [-0.15, -0.1) is 0 Å². The highest BCUT2D eigenvalue weighted by Crippen LogP contribution is 2.19. The zero-order valence-corrected chi connectivity index (χ0v) is 11.0. The first-order chi connectivity index (χ1) is 9.47. The molecular weight excluding hydrogens is 286 g/mol. The lowest BCUT2D eigenvalue weighted by molar-refractivity contribution is 0.100. The van der Waals surface area contributed by atoms with Gasteiger partial charge in [0.25, 0.3) is 0 Å². The SMILES string of the molecule is NC(=O)c1ccc(F)c(NCc2ccc(F)c(Cl)c2)c1. The number of carbonyl (C=O) groups excluding carboxylic acids is 1. The number of rotatable bonds is 4. The molecule has 3 N–H and O–H groups in total. The molecule has 0 aromatic heterocycles. The van der Waals surface area contributed by atoms with Crippen molar-refractivity contribution >= 4 is 23.2 Å². The highest BCUT2D eigenvalue weighted by molar-refractivity contribution is 6.30. The van der Waals surface area contributed by atoms with Crippen molar-refractivity contribution in [2.75, 3.05) is 5.32 Å². The first kappa shape index (κ1) is 14.3. The van der Waals surface area contributed by atoms with Gasteiger partial charge in [-0.25, -0.2) is 8.78 Å². The largest absolute Gasteiger partial charge is 0.379 e. The molecule has 0 aliphatic carbocycles. The van der Waals surface area contributed by atoms with Crippen molar-refractivity contribution in [2.45, 2.75) is 6.54 Å². The predicted octanol–water partition coefficient (Wildman–Crippen LogP) is 3.33. The van der Waals surface area contributed by atoms with Crippen LogP contribution in [0.15, 0.2) is 36.4 Å². The first-order valence-corrected chi connectivity index (χ1v) is 6.12. The number of hydrogen-bond acceptors (Lipinski definition) is 2. The Morgan fingerprint density at radius 1 is 1.15 bits per heavy atom. The summed E-state index contributed by atoms with van der Waals surface area (Å²) in [4.78, 5) is 11.0. The van der Waals surface area contributed by atoms with Crippen LogP contribution in [0.25, 0.3) is 0 Å². The number of carbonyl (C=O) groups is 1. The fourth-order valence-electron chi connectivity index (χ4n) is 1.66. The summed E-state index contributed by atoms with van der Waals surface area (Å²) < 4.78 is 26.6. The van der Waals surface area contributed by atoms with E-state index in [1.165, 1.54) is 30.3 Å². The van der Waals surface area contributed by atoms with Crippen LogP contribution in [0.5, 0.6) is 0 Å². The molecule has 20 heavy (non-hydrogen) atoms. The van der Waals surface area contributed by atoms with Crippen LogP contribution in [0.2, 0.25) is 5.02 Å². The Morgan fingerprint density at radius 3 is 2.50 bits per heavy atom. The van der Waals surface area contributed by atoms with Gasteiger partial charge in [0.2, 0.25) is 5.91 Å². The number of benzene rings is 2. The molecule has 2 rings (SSSR count). The number of nitrogens with one attached hydrogen (secondary N) is 1.